The third-order valence-electron chi connectivity index (χ3n) is 3.98. The van der Waals surface area contributed by atoms with Gasteiger partial charge in [0.1, 0.15) is 12.4 Å². The van der Waals surface area contributed by atoms with Gasteiger partial charge in [-0.2, -0.15) is 0 Å². The molecule has 0 spiro atoms. The molecule has 1 atom stereocenters. The van der Waals surface area contributed by atoms with Crippen molar-refractivity contribution in [2.45, 2.75) is 12.8 Å². The van der Waals surface area contributed by atoms with Gasteiger partial charge in [0.2, 0.25) is 0 Å². The summed E-state index contributed by atoms with van der Waals surface area (Å²) in [6.45, 7) is 3.51. The molecular formula is C16H27IN4O3. The Morgan fingerprint density at radius 3 is 3.00 bits per heavy atom. The minimum absolute atomic E-state index is 0. The molecule has 1 fully saturated rings. The minimum atomic E-state index is -0.00141. The first-order valence-electron chi connectivity index (χ1n) is 7.94. The number of hydrogen-bond donors (Lipinski definition) is 3. The van der Waals surface area contributed by atoms with Gasteiger partial charge in [0, 0.05) is 38.4 Å². The topological polar surface area (TPSA) is 88.0 Å². The molecule has 24 heavy (non-hydrogen) atoms. The van der Waals surface area contributed by atoms with E-state index in [2.05, 4.69) is 20.6 Å². The Bertz CT molecular complexity index is 481. The maximum absolute atomic E-state index is 9.25. The molecule has 2 heterocycles. The fraction of sp³-hybridized carbons (Fsp3) is 0.625. The van der Waals surface area contributed by atoms with E-state index >= 15 is 0 Å². The van der Waals surface area contributed by atoms with Crippen molar-refractivity contribution in [2.75, 3.05) is 46.6 Å². The third-order valence-corrected chi connectivity index (χ3v) is 3.98. The molecule has 1 aromatic heterocycles. The van der Waals surface area contributed by atoms with Crippen molar-refractivity contribution in [3.05, 3.63) is 24.5 Å². The van der Waals surface area contributed by atoms with E-state index in [4.69, 9.17) is 9.47 Å². The van der Waals surface area contributed by atoms with Gasteiger partial charge in [-0.1, -0.05) is 0 Å². The van der Waals surface area contributed by atoms with Crippen LogP contribution in [0.3, 0.4) is 0 Å². The highest BCUT2D eigenvalue weighted by molar-refractivity contribution is 14.0. The molecule has 1 aliphatic heterocycles. The van der Waals surface area contributed by atoms with Crippen LogP contribution in [0.15, 0.2) is 29.5 Å². The normalized spacial score (nSPS) is 20.3. The second-order valence-electron chi connectivity index (χ2n) is 5.67. The van der Waals surface area contributed by atoms with Crippen LogP contribution in [0.25, 0.3) is 0 Å². The number of ether oxygens (including phenoxy) is 2. The number of aliphatic hydroxyl groups is 1. The Morgan fingerprint density at radius 1 is 1.50 bits per heavy atom. The number of aromatic nitrogens is 1. The van der Waals surface area contributed by atoms with E-state index in [1.54, 1.807) is 19.4 Å². The predicted molar refractivity (Wildman–Crippen MR) is 104 cm³/mol. The van der Waals surface area contributed by atoms with Crippen LogP contribution in [-0.4, -0.2) is 62.6 Å². The average molecular weight is 450 g/mol. The van der Waals surface area contributed by atoms with E-state index in [1.807, 2.05) is 12.1 Å². The van der Waals surface area contributed by atoms with Crippen molar-refractivity contribution in [3.63, 3.8) is 0 Å². The number of nitrogens with one attached hydrogen (secondary N) is 2. The summed E-state index contributed by atoms with van der Waals surface area (Å²) in [5.74, 6) is 1.48. The summed E-state index contributed by atoms with van der Waals surface area (Å²) in [5, 5.41) is 15.8. The summed E-state index contributed by atoms with van der Waals surface area (Å²) in [7, 11) is 1.74. The fourth-order valence-corrected chi connectivity index (χ4v) is 2.57. The van der Waals surface area contributed by atoms with Gasteiger partial charge in [-0.15, -0.1) is 24.0 Å². The summed E-state index contributed by atoms with van der Waals surface area (Å²) < 4.78 is 11.1. The molecule has 0 aromatic carbocycles. The molecule has 8 heteroatoms. The van der Waals surface area contributed by atoms with Crippen LogP contribution in [-0.2, 0) is 4.74 Å². The standard InChI is InChI=1S/C16H26N4O3.HI/c1-17-15(19-7-10-23-14-3-2-6-18-11-14)20-12-16(4-8-21)5-9-22-13-16;/h2-3,6,11,21H,4-5,7-10,12-13H2,1H3,(H2,17,19,20);1H. The number of pyridine rings is 1. The second-order valence-corrected chi connectivity index (χ2v) is 5.67. The molecule has 1 unspecified atom stereocenters. The van der Waals surface area contributed by atoms with Crippen LogP contribution in [0.4, 0.5) is 0 Å². The Morgan fingerprint density at radius 2 is 2.38 bits per heavy atom. The lowest BCUT2D eigenvalue weighted by Crippen LogP contribution is -2.45. The maximum atomic E-state index is 9.25. The number of aliphatic hydroxyl groups excluding tert-OH is 1. The van der Waals surface area contributed by atoms with E-state index in [0.29, 0.717) is 19.8 Å². The van der Waals surface area contributed by atoms with Gasteiger partial charge in [-0.3, -0.25) is 9.98 Å². The van der Waals surface area contributed by atoms with Crippen molar-refractivity contribution < 1.29 is 14.6 Å². The summed E-state index contributed by atoms with van der Waals surface area (Å²) in [6.07, 6.45) is 5.10. The molecule has 3 N–H and O–H groups in total. The van der Waals surface area contributed by atoms with Gasteiger partial charge in [0.15, 0.2) is 5.96 Å². The average Bonchev–Trinajstić information content (AvgIpc) is 3.04. The molecule has 2 rings (SSSR count). The molecule has 1 aliphatic rings. The van der Waals surface area contributed by atoms with Crippen LogP contribution in [0.2, 0.25) is 0 Å². The van der Waals surface area contributed by atoms with Gasteiger partial charge in [0.05, 0.1) is 19.3 Å². The number of nitrogens with zero attached hydrogens (tertiary/aromatic N) is 2. The Kier molecular flexibility index (Phi) is 9.96. The summed E-state index contributed by atoms with van der Waals surface area (Å²) in [6, 6.07) is 3.71. The minimum Gasteiger partial charge on any atom is -0.490 e. The van der Waals surface area contributed by atoms with Crippen LogP contribution in [0.5, 0.6) is 5.75 Å². The molecule has 136 valence electrons. The highest BCUT2D eigenvalue weighted by Gasteiger charge is 2.34. The first-order valence-corrected chi connectivity index (χ1v) is 7.94. The monoisotopic (exact) mass is 450 g/mol. The molecule has 1 aromatic rings. The smallest absolute Gasteiger partial charge is 0.191 e. The van der Waals surface area contributed by atoms with Crippen molar-refractivity contribution >= 4 is 29.9 Å². The van der Waals surface area contributed by atoms with Crippen LogP contribution >= 0.6 is 24.0 Å². The molecule has 0 amide bonds. The molecule has 0 saturated carbocycles. The molecule has 1 saturated heterocycles. The third kappa shape index (κ3) is 6.78. The molecular weight excluding hydrogens is 423 g/mol. The summed E-state index contributed by atoms with van der Waals surface area (Å²) >= 11 is 0. The van der Waals surface area contributed by atoms with Crippen LogP contribution in [0.1, 0.15) is 12.8 Å². The SMILES string of the molecule is CN=C(NCCOc1cccnc1)NCC1(CCO)CCOC1.I. The van der Waals surface area contributed by atoms with Crippen molar-refractivity contribution in [2.24, 2.45) is 10.4 Å². The van der Waals surface area contributed by atoms with Gasteiger partial charge >= 0.3 is 0 Å². The highest BCUT2D eigenvalue weighted by atomic mass is 127. The Balaban J connectivity index is 0.00000288. The van der Waals surface area contributed by atoms with Crippen molar-refractivity contribution in [1.82, 2.24) is 15.6 Å². The molecule has 0 radical (unpaired) electrons. The van der Waals surface area contributed by atoms with Crippen LogP contribution < -0.4 is 15.4 Å². The van der Waals surface area contributed by atoms with Crippen molar-refractivity contribution in [1.29, 1.82) is 0 Å². The molecule has 0 bridgehead atoms. The van der Waals surface area contributed by atoms with E-state index < -0.39 is 0 Å². The molecule has 7 nitrogen and oxygen atoms in total. The number of rotatable bonds is 8. The van der Waals surface area contributed by atoms with E-state index in [9.17, 15) is 5.11 Å². The van der Waals surface area contributed by atoms with Gasteiger partial charge < -0.3 is 25.2 Å². The Hall–Kier alpha value is -1.13. The number of aliphatic imine (C=N–C) groups is 1. The van der Waals surface area contributed by atoms with Gasteiger partial charge in [0.25, 0.3) is 0 Å². The number of hydrogen-bond acceptors (Lipinski definition) is 5. The summed E-state index contributed by atoms with van der Waals surface area (Å²) in [4.78, 5) is 8.21. The quantitative estimate of drug-likeness (QED) is 0.238. The van der Waals surface area contributed by atoms with E-state index in [0.717, 1.165) is 37.7 Å². The van der Waals surface area contributed by atoms with Crippen molar-refractivity contribution in [3.8, 4) is 5.75 Å². The van der Waals surface area contributed by atoms with Gasteiger partial charge in [-0.05, 0) is 25.0 Å². The second kappa shape index (κ2) is 11.4. The van der Waals surface area contributed by atoms with E-state index in [-0.39, 0.29) is 36.0 Å². The lowest BCUT2D eigenvalue weighted by atomic mass is 9.84. The lowest BCUT2D eigenvalue weighted by Gasteiger charge is -2.27. The predicted octanol–water partition coefficient (Wildman–Crippen LogP) is 1.03. The number of guanidine groups is 1. The van der Waals surface area contributed by atoms with E-state index in [1.165, 1.54) is 0 Å². The zero-order valence-corrected chi connectivity index (χ0v) is 16.4. The maximum Gasteiger partial charge on any atom is 0.191 e. The first-order chi connectivity index (χ1) is 11.3. The molecule has 0 aliphatic carbocycles. The largest absolute Gasteiger partial charge is 0.490 e. The van der Waals surface area contributed by atoms with Crippen LogP contribution in [0, 0.1) is 5.41 Å². The zero-order valence-electron chi connectivity index (χ0n) is 14.0. The first kappa shape index (κ1) is 20.9. The fourth-order valence-electron chi connectivity index (χ4n) is 2.57. The Labute approximate surface area is 160 Å². The highest BCUT2D eigenvalue weighted by Crippen LogP contribution is 2.31. The lowest BCUT2D eigenvalue weighted by molar-refractivity contribution is 0.127. The zero-order chi connectivity index (χ0) is 16.4. The summed E-state index contributed by atoms with van der Waals surface area (Å²) in [5.41, 5.74) is -0.00141. The number of halogens is 1. The van der Waals surface area contributed by atoms with Gasteiger partial charge in [-0.25, -0.2) is 0 Å².